The second-order valence-electron chi connectivity index (χ2n) is 6.74. The Bertz CT molecular complexity index is 1040. The van der Waals surface area contributed by atoms with Crippen LogP contribution in [0.2, 0.25) is 0 Å². The lowest BCUT2D eigenvalue weighted by Gasteiger charge is -2.33. The molecule has 0 saturated carbocycles. The van der Waals surface area contributed by atoms with Crippen LogP contribution in [0.15, 0.2) is 41.5 Å². The molecule has 0 aliphatic carbocycles. The summed E-state index contributed by atoms with van der Waals surface area (Å²) < 4.78 is 3.47. The Morgan fingerprint density at radius 1 is 1.23 bits per heavy atom. The quantitative estimate of drug-likeness (QED) is 0.722. The van der Waals surface area contributed by atoms with E-state index in [0.29, 0.717) is 18.2 Å². The van der Waals surface area contributed by atoms with E-state index in [1.54, 1.807) is 28.6 Å². The summed E-state index contributed by atoms with van der Waals surface area (Å²) in [4.78, 5) is 23.3. The highest BCUT2D eigenvalue weighted by atomic mass is 16.1. The minimum absolute atomic E-state index is 0.00562. The third-order valence-corrected chi connectivity index (χ3v) is 5.18. The fourth-order valence-electron chi connectivity index (χ4n) is 3.71. The lowest BCUT2D eigenvalue weighted by molar-refractivity contribution is 0.355. The zero-order valence-corrected chi connectivity index (χ0v) is 14.7. The van der Waals surface area contributed by atoms with Crippen LogP contribution in [0.4, 0.5) is 5.69 Å². The molecule has 0 N–H and O–H groups in total. The first-order chi connectivity index (χ1) is 12.7. The van der Waals surface area contributed by atoms with Crippen LogP contribution in [-0.4, -0.2) is 32.2 Å². The van der Waals surface area contributed by atoms with Crippen LogP contribution in [-0.2, 0) is 13.6 Å². The van der Waals surface area contributed by atoms with Gasteiger partial charge in [0.1, 0.15) is 11.8 Å². The zero-order chi connectivity index (χ0) is 18.1. The van der Waals surface area contributed by atoms with Gasteiger partial charge in [0.2, 0.25) is 0 Å². The molecule has 0 spiro atoms. The maximum atomic E-state index is 12.6. The number of aromatic nitrogens is 4. The largest absolute Gasteiger partial charge is 0.371 e. The normalized spacial score (nSPS) is 15.3. The van der Waals surface area contributed by atoms with Crippen molar-refractivity contribution in [1.29, 1.82) is 5.26 Å². The molecule has 1 fully saturated rings. The second-order valence-corrected chi connectivity index (χ2v) is 6.74. The number of anilines is 1. The fourth-order valence-corrected chi connectivity index (χ4v) is 3.71. The number of hydrogen-bond acceptors (Lipinski definition) is 5. The number of aryl methyl sites for hydroxylation is 1. The van der Waals surface area contributed by atoms with Crippen molar-refractivity contribution in [2.45, 2.75) is 19.4 Å². The molecule has 0 amide bonds. The van der Waals surface area contributed by atoms with Gasteiger partial charge in [-0.1, -0.05) is 0 Å². The zero-order valence-electron chi connectivity index (χ0n) is 14.7. The van der Waals surface area contributed by atoms with Gasteiger partial charge in [-0.2, -0.15) is 5.26 Å². The lowest BCUT2D eigenvalue weighted by atomic mass is 9.96. The van der Waals surface area contributed by atoms with Crippen LogP contribution in [0, 0.1) is 17.2 Å². The maximum Gasteiger partial charge on any atom is 0.330 e. The van der Waals surface area contributed by atoms with Crippen molar-refractivity contribution >= 4 is 16.9 Å². The number of rotatable bonds is 3. The molecule has 1 saturated heterocycles. The SMILES string of the molecule is Cn1c(=O)n(CC2CCN(c3ccnc(C#N)c3)CC2)c2ncccc21. The Labute approximate surface area is 151 Å². The van der Waals surface area contributed by atoms with Crippen LogP contribution in [0.1, 0.15) is 18.5 Å². The van der Waals surface area contributed by atoms with Gasteiger partial charge in [-0.05, 0) is 43.0 Å². The molecular weight excluding hydrogens is 328 g/mol. The van der Waals surface area contributed by atoms with Gasteiger partial charge >= 0.3 is 5.69 Å². The Morgan fingerprint density at radius 2 is 2.04 bits per heavy atom. The van der Waals surface area contributed by atoms with Crippen LogP contribution >= 0.6 is 0 Å². The van der Waals surface area contributed by atoms with E-state index in [4.69, 9.17) is 5.26 Å². The lowest BCUT2D eigenvalue weighted by Crippen LogP contribution is -2.36. The summed E-state index contributed by atoms with van der Waals surface area (Å²) in [6.07, 6.45) is 5.41. The molecule has 0 unspecified atom stereocenters. The van der Waals surface area contributed by atoms with Gasteiger partial charge in [0.05, 0.1) is 5.52 Å². The Balaban J connectivity index is 1.49. The first kappa shape index (κ1) is 16.3. The molecule has 0 bridgehead atoms. The predicted molar refractivity (Wildman–Crippen MR) is 98.9 cm³/mol. The van der Waals surface area contributed by atoms with E-state index in [0.717, 1.165) is 42.8 Å². The van der Waals surface area contributed by atoms with E-state index in [-0.39, 0.29) is 5.69 Å². The third kappa shape index (κ3) is 2.84. The molecular formula is C19H20N6O. The van der Waals surface area contributed by atoms with Gasteiger partial charge < -0.3 is 4.90 Å². The molecule has 1 aliphatic rings. The average Bonchev–Trinajstić information content (AvgIpc) is 2.94. The topological polar surface area (TPSA) is 79.7 Å². The molecule has 4 rings (SSSR count). The van der Waals surface area contributed by atoms with E-state index in [1.807, 2.05) is 24.3 Å². The van der Waals surface area contributed by atoms with E-state index in [2.05, 4.69) is 20.9 Å². The van der Waals surface area contributed by atoms with Crippen molar-refractivity contribution in [3.8, 4) is 6.07 Å². The van der Waals surface area contributed by atoms with Gasteiger partial charge in [0.25, 0.3) is 0 Å². The van der Waals surface area contributed by atoms with Gasteiger partial charge in [0, 0.05) is 44.8 Å². The van der Waals surface area contributed by atoms with Crippen molar-refractivity contribution in [3.63, 3.8) is 0 Å². The third-order valence-electron chi connectivity index (χ3n) is 5.18. The summed E-state index contributed by atoms with van der Waals surface area (Å²) in [7, 11) is 1.79. The summed E-state index contributed by atoms with van der Waals surface area (Å²) in [6, 6.07) is 9.65. The first-order valence-corrected chi connectivity index (χ1v) is 8.78. The number of hydrogen-bond donors (Lipinski definition) is 0. The van der Waals surface area contributed by atoms with Crippen LogP contribution in [0.5, 0.6) is 0 Å². The van der Waals surface area contributed by atoms with Crippen molar-refractivity contribution < 1.29 is 0 Å². The summed E-state index contributed by atoms with van der Waals surface area (Å²) in [5, 5.41) is 9.01. The Hall–Kier alpha value is -3.14. The number of pyridine rings is 2. The highest BCUT2D eigenvalue weighted by molar-refractivity contribution is 5.71. The molecule has 26 heavy (non-hydrogen) atoms. The standard InChI is InChI=1S/C19H20N6O/c1-23-17-3-2-7-22-18(17)25(19(23)26)13-14-5-9-24(10-6-14)16-4-8-21-15(11-16)12-20/h2-4,7-8,11,14H,5-6,9-10,13H2,1H3. The summed E-state index contributed by atoms with van der Waals surface area (Å²) >= 11 is 0. The molecule has 1 aliphatic heterocycles. The van der Waals surface area contributed by atoms with Crippen molar-refractivity contribution in [2.24, 2.45) is 13.0 Å². The average molecular weight is 348 g/mol. The van der Waals surface area contributed by atoms with Gasteiger partial charge in [-0.25, -0.2) is 14.8 Å². The van der Waals surface area contributed by atoms with Crippen LogP contribution < -0.4 is 10.6 Å². The monoisotopic (exact) mass is 348 g/mol. The highest BCUT2D eigenvalue weighted by Crippen LogP contribution is 2.25. The predicted octanol–water partition coefficient (Wildman–Crippen LogP) is 1.92. The van der Waals surface area contributed by atoms with Crippen molar-refractivity contribution in [3.05, 3.63) is 52.8 Å². The molecule has 4 heterocycles. The molecule has 7 heteroatoms. The van der Waals surface area contributed by atoms with E-state index in [9.17, 15) is 4.79 Å². The Morgan fingerprint density at radius 3 is 2.81 bits per heavy atom. The number of nitrogens with zero attached hydrogens (tertiary/aromatic N) is 6. The minimum Gasteiger partial charge on any atom is -0.371 e. The number of piperidine rings is 1. The minimum atomic E-state index is -0.00562. The molecule has 0 aromatic carbocycles. The maximum absolute atomic E-state index is 12.6. The second kappa shape index (κ2) is 6.64. The summed E-state index contributed by atoms with van der Waals surface area (Å²) in [5.74, 6) is 0.439. The smallest absolute Gasteiger partial charge is 0.330 e. The molecule has 7 nitrogen and oxygen atoms in total. The Kier molecular flexibility index (Phi) is 4.17. The first-order valence-electron chi connectivity index (χ1n) is 8.78. The van der Waals surface area contributed by atoms with E-state index < -0.39 is 0 Å². The van der Waals surface area contributed by atoms with Crippen LogP contribution in [0.25, 0.3) is 11.2 Å². The van der Waals surface area contributed by atoms with Crippen LogP contribution in [0.3, 0.4) is 0 Å². The van der Waals surface area contributed by atoms with Crippen molar-refractivity contribution in [1.82, 2.24) is 19.1 Å². The molecule has 3 aromatic heterocycles. The number of fused-ring (bicyclic) bond motifs is 1. The number of imidazole rings is 1. The molecule has 3 aromatic rings. The van der Waals surface area contributed by atoms with E-state index >= 15 is 0 Å². The van der Waals surface area contributed by atoms with Gasteiger partial charge in [-0.3, -0.25) is 9.13 Å². The van der Waals surface area contributed by atoms with E-state index in [1.165, 1.54) is 0 Å². The highest BCUT2D eigenvalue weighted by Gasteiger charge is 2.22. The summed E-state index contributed by atoms with van der Waals surface area (Å²) in [5.41, 5.74) is 3.11. The summed E-state index contributed by atoms with van der Waals surface area (Å²) in [6.45, 7) is 2.51. The molecule has 0 atom stereocenters. The molecule has 132 valence electrons. The molecule has 0 radical (unpaired) electrons. The van der Waals surface area contributed by atoms with Gasteiger partial charge in [-0.15, -0.1) is 0 Å². The van der Waals surface area contributed by atoms with Gasteiger partial charge in [0.15, 0.2) is 5.65 Å². The van der Waals surface area contributed by atoms with Crippen molar-refractivity contribution in [2.75, 3.05) is 18.0 Å². The number of nitriles is 1. The fraction of sp³-hybridized carbons (Fsp3) is 0.368.